The third-order valence-corrected chi connectivity index (χ3v) is 5.51. The first-order chi connectivity index (χ1) is 15.2. The summed E-state index contributed by atoms with van der Waals surface area (Å²) in [5.41, 5.74) is 3.16. The van der Waals surface area contributed by atoms with Gasteiger partial charge in [-0.2, -0.15) is 0 Å². The Bertz CT molecular complexity index is 1270. The molecule has 1 aliphatic rings. The van der Waals surface area contributed by atoms with Crippen molar-refractivity contribution in [1.29, 1.82) is 0 Å². The second kappa shape index (κ2) is 8.31. The minimum atomic E-state index is -0.387. The maximum absolute atomic E-state index is 12.4. The van der Waals surface area contributed by atoms with E-state index in [0.29, 0.717) is 37.7 Å². The van der Waals surface area contributed by atoms with Crippen LogP contribution in [0.3, 0.4) is 0 Å². The second-order valence-corrected chi connectivity index (χ2v) is 7.31. The maximum Gasteiger partial charge on any atom is 0.420 e. The standard InChI is InChI=1S/C23H23N3O5/c1-28-17-3-4-18-19(15-17)24-7-6-21(18)30-13-10-26-20-5-2-16(14-22(20)31-23(26)27)25-8-11-29-12-9-25/h2-7,14-15H,8-13H2,1H3. The summed E-state index contributed by atoms with van der Waals surface area (Å²) in [6.45, 7) is 3.77. The second-order valence-electron chi connectivity index (χ2n) is 7.31. The molecular weight excluding hydrogens is 398 g/mol. The fourth-order valence-electron chi connectivity index (χ4n) is 3.89. The van der Waals surface area contributed by atoms with Crippen molar-refractivity contribution >= 4 is 27.7 Å². The first kappa shape index (κ1) is 19.4. The normalized spacial score (nSPS) is 14.3. The molecule has 0 radical (unpaired) electrons. The number of nitrogens with zero attached hydrogens (tertiary/aromatic N) is 3. The topological polar surface area (TPSA) is 79.0 Å². The summed E-state index contributed by atoms with van der Waals surface area (Å²) in [7, 11) is 1.62. The van der Waals surface area contributed by atoms with Crippen molar-refractivity contribution in [2.75, 3.05) is 44.9 Å². The lowest BCUT2D eigenvalue weighted by molar-refractivity contribution is 0.122. The van der Waals surface area contributed by atoms with Crippen LogP contribution in [0.4, 0.5) is 5.69 Å². The van der Waals surface area contributed by atoms with Crippen LogP contribution in [0, 0.1) is 0 Å². The van der Waals surface area contributed by atoms with Gasteiger partial charge >= 0.3 is 5.76 Å². The minimum absolute atomic E-state index is 0.324. The predicted molar refractivity (Wildman–Crippen MR) is 117 cm³/mol. The smallest absolute Gasteiger partial charge is 0.420 e. The van der Waals surface area contributed by atoms with Crippen molar-refractivity contribution in [2.24, 2.45) is 0 Å². The summed E-state index contributed by atoms with van der Waals surface area (Å²) < 4.78 is 23.7. The number of fused-ring (bicyclic) bond motifs is 2. The summed E-state index contributed by atoms with van der Waals surface area (Å²) in [5, 5.41) is 0.892. The molecule has 160 valence electrons. The van der Waals surface area contributed by atoms with Crippen molar-refractivity contribution in [1.82, 2.24) is 9.55 Å². The molecule has 3 heterocycles. The van der Waals surface area contributed by atoms with E-state index in [4.69, 9.17) is 18.6 Å². The van der Waals surface area contributed by atoms with E-state index in [0.717, 1.165) is 40.9 Å². The van der Waals surface area contributed by atoms with Crippen LogP contribution in [0.5, 0.6) is 11.5 Å². The van der Waals surface area contributed by atoms with Gasteiger partial charge in [-0.1, -0.05) is 0 Å². The number of rotatable bonds is 6. The molecule has 1 aliphatic heterocycles. The number of oxazole rings is 1. The first-order valence-electron chi connectivity index (χ1n) is 10.2. The third kappa shape index (κ3) is 3.82. The van der Waals surface area contributed by atoms with Crippen LogP contribution in [0.25, 0.3) is 22.0 Å². The van der Waals surface area contributed by atoms with E-state index >= 15 is 0 Å². The molecule has 1 fully saturated rings. The number of benzene rings is 2. The average molecular weight is 421 g/mol. The van der Waals surface area contributed by atoms with Gasteiger partial charge in [0.1, 0.15) is 18.1 Å². The van der Waals surface area contributed by atoms with Crippen LogP contribution in [0.2, 0.25) is 0 Å². The fourth-order valence-corrected chi connectivity index (χ4v) is 3.89. The number of anilines is 1. The molecular formula is C23H23N3O5. The Hall–Kier alpha value is -3.52. The number of morpholine rings is 1. The van der Waals surface area contributed by atoms with E-state index in [2.05, 4.69) is 9.88 Å². The number of ether oxygens (including phenoxy) is 3. The Morgan fingerprint density at radius 1 is 1.10 bits per heavy atom. The minimum Gasteiger partial charge on any atom is -0.497 e. The SMILES string of the molecule is COc1ccc2c(OCCn3c(=O)oc4cc(N5CCOCC5)ccc43)ccnc2c1. The van der Waals surface area contributed by atoms with Gasteiger partial charge in [0.15, 0.2) is 5.58 Å². The highest BCUT2D eigenvalue weighted by Gasteiger charge is 2.15. The molecule has 2 aromatic carbocycles. The Balaban J connectivity index is 1.33. The molecule has 0 bridgehead atoms. The van der Waals surface area contributed by atoms with Crippen molar-refractivity contribution in [2.45, 2.75) is 6.54 Å². The molecule has 8 nitrogen and oxygen atoms in total. The highest BCUT2D eigenvalue weighted by atomic mass is 16.5. The number of hydrogen-bond acceptors (Lipinski definition) is 7. The van der Waals surface area contributed by atoms with E-state index < -0.39 is 0 Å². The van der Waals surface area contributed by atoms with Crippen LogP contribution in [0.1, 0.15) is 0 Å². The monoisotopic (exact) mass is 421 g/mol. The van der Waals surface area contributed by atoms with Gasteiger partial charge in [0.25, 0.3) is 0 Å². The fraction of sp³-hybridized carbons (Fsp3) is 0.304. The lowest BCUT2D eigenvalue weighted by Crippen LogP contribution is -2.36. The van der Waals surface area contributed by atoms with Crippen molar-refractivity contribution in [3.05, 3.63) is 59.2 Å². The molecule has 0 N–H and O–H groups in total. The Morgan fingerprint density at radius 2 is 1.97 bits per heavy atom. The number of pyridine rings is 1. The van der Waals surface area contributed by atoms with Crippen molar-refractivity contribution in [3.8, 4) is 11.5 Å². The summed E-state index contributed by atoms with van der Waals surface area (Å²) in [6, 6.07) is 13.3. The van der Waals surface area contributed by atoms with Gasteiger partial charge in [0.2, 0.25) is 0 Å². The predicted octanol–water partition coefficient (Wildman–Crippen LogP) is 3.07. The van der Waals surface area contributed by atoms with Crippen LogP contribution >= 0.6 is 0 Å². The zero-order chi connectivity index (χ0) is 21.2. The molecule has 1 saturated heterocycles. The van der Waals surface area contributed by atoms with E-state index in [-0.39, 0.29) is 5.76 Å². The highest BCUT2D eigenvalue weighted by molar-refractivity contribution is 5.86. The average Bonchev–Trinajstić information content (AvgIpc) is 3.13. The van der Waals surface area contributed by atoms with Crippen LogP contribution in [-0.2, 0) is 11.3 Å². The molecule has 0 spiro atoms. The number of hydrogen-bond donors (Lipinski definition) is 0. The van der Waals surface area contributed by atoms with Gasteiger partial charge in [0.05, 0.1) is 37.9 Å². The summed E-state index contributed by atoms with van der Waals surface area (Å²) in [4.78, 5) is 19.0. The van der Waals surface area contributed by atoms with Gasteiger partial charge in [-0.15, -0.1) is 0 Å². The Kier molecular flexibility index (Phi) is 5.21. The Morgan fingerprint density at radius 3 is 2.81 bits per heavy atom. The molecule has 0 aliphatic carbocycles. The molecule has 2 aromatic heterocycles. The molecule has 5 rings (SSSR count). The van der Waals surface area contributed by atoms with Gasteiger partial charge in [0, 0.05) is 42.5 Å². The molecule has 0 unspecified atom stereocenters. The zero-order valence-electron chi connectivity index (χ0n) is 17.2. The molecule has 0 saturated carbocycles. The molecule has 8 heteroatoms. The summed E-state index contributed by atoms with van der Waals surface area (Å²) in [6.07, 6.45) is 1.70. The van der Waals surface area contributed by atoms with Crippen molar-refractivity contribution in [3.63, 3.8) is 0 Å². The van der Waals surface area contributed by atoms with Crippen molar-refractivity contribution < 1.29 is 18.6 Å². The number of methoxy groups -OCH3 is 1. The quantitative estimate of drug-likeness (QED) is 0.473. The molecule has 31 heavy (non-hydrogen) atoms. The van der Waals surface area contributed by atoms with Gasteiger partial charge in [-0.25, -0.2) is 4.79 Å². The molecule has 4 aromatic rings. The van der Waals surface area contributed by atoms with Crippen LogP contribution in [-0.4, -0.2) is 49.6 Å². The zero-order valence-corrected chi connectivity index (χ0v) is 17.2. The lowest BCUT2D eigenvalue weighted by atomic mass is 10.2. The van der Waals surface area contributed by atoms with E-state index in [1.54, 1.807) is 17.9 Å². The van der Waals surface area contributed by atoms with Gasteiger partial charge < -0.3 is 23.5 Å². The van der Waals surface area contributed by atoms with Gasteiger partial charge in [-0.3, -0.25) is 9.55 Å². The van der Waals surface area contributed by atoms with E-state index in [9.17, 15) is 4.79 Å². The van der Waals surface area contributed by atoms with E-state index in [1.165, 1.54) is 0 Å². The molecule has 0 atom stereocenters. The Labute approximate surface area is 178 Å². The lowest BCUT2D eigenvalue weighted by Gasteiger charge is -2.28. The molecule has 0 amide bonds. The summed E-state index contributed by atoms with van der Waals surface area (Å²) in [5.74, 6) is 1.06. The number of aromatic nitrogens is 2. The highest BCUT2D eigenvalue weighted by Crippen LogP contribution is 2.27. The largest absolute Gasteiger partial charge is 0.497 e. The van der Waals surface area contributed by atoms with E-state index in [1.807, 2.05) is 42.5 Å². The van der Waals surface area contributed by atoms with Crippen LogP contribution < -0.4 is 20.1 Å². The maximum atomic E-state index is 12.4. The van der Waals surface area contributed by atoms with Crippen LogP contribution in [0.15, 0.2) is 57.9 Å². The summed E-state index contributed by atoms with van der Waals surface area (Å²) >= 11 is 0. The third-order valence-electron chi connectivity index (χ3n) is 5.51. The van der Waals surface area contributed by atoms with Gasteiger partial charge in [-0.05, 0) is 30.3 Å². The first-order valence-corrected chi connectivity index (χ1v) is 10.2.